The number of amides is 1. The van der Waals surface area contributed by atoms with Crippen molar-refractivity contribution < 1.29 is 14.6 Å². The number of carbonyl (C=O) groups is 1. The summed E-state index contributed by atoms with van der Waals surface area (Å²) in [5.41, 5.74) is 0. The van der Waals surface area contributed by atoms with Gasteiger partial charge in [0.25, 0.3) is 0 Å². The van der Waals surface area contributed by atoms with E-state index in [2.05, 4.69) is 9.55 Å². The van der Waals surface area contributed by atoms with Gasteiger partial charge in [-0.3, -0.25) is 4.79 Å². The summed E-state index contributed by atoms with van der Waals surface area (Å²) in [6.07, 6.45) is 5.03. The lowest BCUT2D eigenvalue weighted by Gasteiger charge is -2.22. The fraction of sp³-hybridized carbons (Fsp3) is 0.714. The highest BCUT2D eigenvalue weighted by molar-refractivity contribution is 5.76. The number of imidazole rings is 1. The molecule has 0 aliphatic carbocycles. The van der Waals surface area contributed by atoms with Crippen molar-refractivity contribution in [2.24, 2.45) is 5.92 Å². The first kappa shape index (κ1) is 15.0. The summed E-state index contributed by atoms with van der Waals surface area (Å²) in [6, 6.07) is 0. The van der Waals surface area contributed by atoms with Crippen molar-refractivity contribution in [3.8, 4) is 0 Å². The first-order valence-corrected chi connectivity index (χ1v) is 7.15. The van der Waals surface area contributed by atoms with Crippen LogP contribution in [0, 0.1) is 12.8 Å². The third kappa shape index (κ3) is 4.05. The number of aliphatic hydroxyl groups excluding tert-OH is 1. The SMILES string of the molecule is Cc1nccn1CCCC(=O)N1CCOC[C@@H](CO)C1. The van der Waals surface area contributed by atoms with E-state index in [1.165, 1.54) is 0 Å². The van der Waals surface area contributed by atoms with Gasteiger partial charge in [-0.15, -0.1) is 0 Å². The predicted octanol–water partition coefficient (Wildman–Crippen LogP) is 0.439. The van der Waals surface area contributed by atoms with Crippen LogP contribution in [0.1, 0.15) is 18.7 Å². The number of nitrogens with zero attached hydrogens (tertiary/aromatic N) is 3. The van der Waals surface area contributed by atoms with Crippen LogP contribution in [0.15, 0.2) is 12.4 Å². The maximum Gasteiger partial charge on any atom is 0.222 e. The van der Waals surface area contributed by atoms with Crippen LogP contribution in [0.2, 0.25) is 0 Å². The van der Waals surface area contributed by atoms with Crippen LogP contribution in [0.5, 0.6) is 0 Å². The van der Waals surface area contributed by atoms with Gasteiger partial charge in [0, 0.05) is 51.0 Å². The second kappa shape index (κ2) is 7.40. The highest BCUT2D eigenvalue weighted by Crippen LogP contribution is 2.09. The van der Waals surface area contributed by atoms with Gasteiger partial charge in [-0.05, 0) is 13.3 Å². The predicted molar refractivity (Wildman–Crippen MR) is 74.2 cm³/mol. The molecule has 0 saturated carbocycles. The van der Waals surface area contributed by atoms with E-state index < -0.39 is 0 Å². The second-order valence-electron chi connectivity index (χ2n) is 5.23. The van der Waals surface area contributed by atoms with E-state index in [4.69, 9.17) is 4.74 Å². The Hall–Kier alpha value is -1.40. The third-order valence-corrected chi connectivity index (χ3v) is 3.66. The van der Waals surface area contributed by atoms with Crippen molar-refractivity contribution in [1.82, 2.24) is 14.5 Å². The molecule has 6 nitrogen and oxygen atoms in total. The van der Waals surface area contributed by atoms with Crippen molar-refractivity contribution in [3.05, 3.63) is 18.2 Å². The fourth-order valence-corrected chi connectivity index (χ4v) is 2.42. The summed E-state index contributed by atoms with van der Waals surface area (Å²) >= 11 is 0. The quantitative estimate of drug-likeness (QED) is 0.850. The number of rotatable bonds is 5. The zero-order valence-electron chi connectivity index (χ0n) is 12.0. The van der Waals surface area contributed by atoms with Crippen molar-refractivity contribution in [2.45, 2.75) is 26.3 Å². The molecule has 20 heavy (non-hydrogen) atoms. The van der Waals surface area contributed by atoms with Gasteiger partial charge in [0.15, 0.2) is 0 Å². The molecule has 1 aromatic heterocycles. The third-order valence-electron chi connectivity index (χ3n) is 3.66. The number of hydrogen-bond donors (Lipinski definition) is 1. The van der Waals surface area contributed by atoms with Gasteiger partial charge < -0.3 is 19.3 Å². The van der Waals surface area contributed by atoms with E-state index in [0.717, 1.165) is 18.8 Å². The van der Waals surface area contributed by atoms with E-state index >= 15 is 0 Å². The molecule has 1 aliphatic rings. The molecule has 2 rings (SSSR count). The Morgan fingerprint density at radius 3 is 3.15 bits per heavy atom. The average molecular weight is 281 g/mol. The monoisotopic (exact) mass is 281 g/mol. The van der Waals surface area contributed by atoms with Crippen LogP contribution in [-0.4, -0.2) is 58.4 Å². The fourth-order valence-electron chi connectivity index (χ4n) is 2.42. The molecule has 1 aromatic rings. The number of aliphatic hydroxyl groups is 1. The molecule has 0 spiro atoms. The maximum atomic E-state index is 12.2. The Morgan fingerprint density at radius 1 is 1.60 bits per heavy atom. The molecule has 1 amide bonds. The van der Waals surface area contributed by atoms with E-state index in [1.54, 1.807) is 6.20 Å². The van der Waals surface area contributed by atoms with E-state index in [-0.39, 0.29) is 18.4 Å². The zero-order chi connectivity index (χ0) is 14.4. The van der Waals surface area contributed by atoms with Gasteiger partial charge >= 0.3 is 0 Å². The first-order valence-electron chi connectivity index (χ1n) is 7.15. The lowest BCUT2D eigenvalue weighted by molar-refractivity contribution is -0.131. The smallest absolute Gasteiger partial charge is 0.222 e. The van der Waals surface area contributed by atoms with Gasteiger partial charge in [-0.25, -0.2) is 4.98 Å². The highest BCUT2D eigenvalue weighted by Gasteiger charge is 2.21. The number of aryl methyl sites for hydroxylation is 2. The van der Waals surface area contributed by atoms with Crippen molar-refractivity contribution in [3.63, 3.8) is 0 Å². The van der Waals surface area contributed by atoms with E-state index in [0.29, 0.717) is 32.7 Å². The Balaban J connectivity index is 1.77. The molecule has 1 N–H and O–H groups in total. The second-order valence-corrected chi connectivity index (χ2v) is 5.23. The first-order chi connectivity index (χ1) is 9.70. The van der Waals surface area contributed by atoms with Crippen LogP contribution in [0.25, 0.3) is 0 Å². The summed E-state index contributed by atoms with van der Waals surface area (Å²) in [4.78, 5) is 18.2. The normalized spacial score (nSPS) is 19.9. The van der Waals surface area contributed by atoms with E-state index in [9.17, 15) is 9.90 Å². The maximum absolute atomic E-state index is 12.2. The lowest BCUT2D eigenvalue weighted by Crippen LogP contribution is -2.36. The Bertz CT molecular complexity index is 433. The van der Waals surface area contributed by atoms with Crippen LogP contribution >= 0.6 is 0 Å². The molecule has 0 bridgehead atoms. The Labute approximate surface area is 119 Å². The molecule has 1 atom stereocenters. The number of aromatic nitrogens is 2. The average Bonchev–Trinajstić information content (AvgIpc) is 2.73. The topological polar surface area (TPSA) is 67.6 Å². The molecule has 0 aromatic carbocycles. The van der Waals surface area contributed by atoms with Crippen LogP contribution in [0.4, 0.5) is 0 Å². The summed E-state index contributed by atoms with van der Waals surface area (Å²) in [7, 11) is 0. The minimum atomic E-state index is 0.0392. The molecule has 6 heteroatoms. The zero-order valence-corrected chi connectivity index (χ0v) is 12.0. The van der Waals surface area contributed by atoms with Crippen LogP contribution in [0.3, 0.4) is 0 Å². The molecule has 2 heterocycles. The summed E-state index contributed by atoms with van der Waals surface area (Å²) < 4.78 is 7.44. The molecule has 0 radical (unpaired) electrons. The summed E-state index contributed by atoms with van der Waals surface area (Å²) in [5, 5.41) is 9.22. The van der Waals surface area contributed by atoms with Gasteiger partial charge in [-0.2, -0.15) is 0 Å². The van der Waals surface area contributed by atoms with Gasteiger partial charge in [-0.1, -0.05) is 0 Å². The van der Waals surface area contributed by atoms with Crippen molar-refractivity contribution in [2.75, 3.05) is 32.9 Å². The standard InChI is InChI=1S/C14H23N3O3/c1-12-15-4-6-16(12)5-2-3-14(19)17-7-8-20-11-13(9-17)10-18/h4,6,13,18H,2-3,5,7-11H2,1H3/t13-/m1/s1. The highest BCUT2D eigenvalue weighted by atomic mass is 16.5. The minimum absolute atomic E-state index is 0.0392. The largest absolute Gasteiger partial charge is 0.396 e. The Kier molecular flexibility index (Phi) is 5.55. The summed E-state index contributed by atoms with van der Waals surface area (Å²) in [5.74, 6) is 1.16. The molecular weight excluding hydrogens is 258 g/mol. The molecule has 1 aliphatic heterocycles. The molecule has 1 fully saturated rings. The van der Waals surface area contributed by atoms with Gasteiger partial charge in [0.05, 0.1) is 13.2 Å². The molecule has 112 valence electrons. The molecular formula is C14H23N3O3. The lowest BCUT2D eigenvalue weighted by atomic mass is 10.1. The molecule has 0 unspecified atom stereocenters. The van der Waals surface area contributed by atoms with Crippen LogP contribution in [-0.2, 0) is 16.1 Å². The molecule has 1 saturated heterocycles. The van der Waals surface area contributed by atoms with E-state index in [1.807, 2.05) is 18.0 Å². The van der Waals surface area contributed by atoms with Gasteiger partial charge in [0.1, 0.15) is 5.82 Å². The Morgan fingerprint density at radius 2 is 2.45 bits per heavy atom. The minimum Gasteiger partial charge on any atom is -0.396 e. The number of ether oxygens (including phenoxy) is 1. The van der Waals surface area contributed by atoms with Crippen LogP contribution < -0.4 is 0 Å². The number of carbonyl (C=O) groups excluding carboxylic acids is 1. The number of hydrogen-bond acceptors (Lipinski definition) is 4. The van der Waals surface area contributed by atoms with Crippen molar-refractivity contribution in [1.29, 1.82) is 0 Å². The van der Waals surface area contributed by atoms with Gasteiger partial charge in [0.2, 0.25) is 5.91 Å². The van der Waals surface area contributed by atoms with Crippen molar-refractivity contribution >= 4 is 5.91 Å². The summed E-state index contributed by atoms with van der Waals surface area (Å²) in [6.45, 7) is 5.15.